The van der Waals surface area contributed by atoms with E-state index in [0.717, 1.165) is 38.0 Å². The van der Waals surface area contributed by atoms with E-state index in [0.29, 0.717) is 0 Å². The second-order valence-corrected chi connectivity index (χ2v) is 7.48. The number of piperidine rings is 1. The number of likely N-dealkylation sites (N-methyl/N-ethyl adjacent to an activating group) is 1. The first-order valence-electron chi connectivity index (χ1n) is 9.36. The molecule has 1 atom stereocenters. The van der Waals surface area contributed by atoms with Crippen LogP contribution in [0.4, 0.5) is 0 Å². The Morgan fingerprint density at radius 2 is 1.62 bits per heavy atom. The van der Waals surface area contributed by atoms with Crippen LogP contribution in [0.3, 0.4) is 0 Å². The summed E-state index contributed by atoms with van der Waals surface area (Å²) in [6, 6.07) is 20.4. The molecule has 1 fully saturated rings. The molecule has 0 bridgehead atoms. The van der Waals surface area contributed by atoms with Gasteiger partial charge in [-0.15, -0.1) is 0 Å². The van der Waals surface area contributed by atoms with E-state index in [1.54, 1.807) is 0 Å². The summed E-state index contributed by atoms with van der Waals surface area (Å²) in [6.45, 7) is 4.79. The minimum Gasteiger partial charge on any atom is -0.341 e. The van der Waals surface area contributed by atoms with E-state index in [-0.39, 0.29) is 11.9 Å². The van der Waals surface area contributed by atoms with E-state index in [4.69, 9.17) is 5.73 Å². The highest BCUT2D eigenvalue weighted by molar-refractivity contribution is 5.87. The molecular weight excluding hydrogens is 322 g/mol. The Bertz CT molecular complexity index is 707. The molecular formula is C22H29N3O. The van der Waals surface area contributed by atoms with Crippen molar-refractivity contribution >= 4 is 5.91 Å². The first kappa shape index (κ1) is 18.6. The Kier molecular flexibility index (Phi) is 5.74. The lowest BCUT2D eigenvalue weighted by atomic mass is 9.90. The fraction of sp³-hybridized carbons (Fsp3) is 0.409. The van der Waals surface area contributed by atoms with Crippen molar-refractivity contribution in [2.24, 2.45) is 5.73 Å². The molecule has 3 rings (SSSR count). The number of carbonyl (C=O) groups is 1. The van der Waals surface area contributed by atoms with Crippen molar-refractivity contribution < 1.29 is 4.79 Å². The summed E-state index contributed by atoms with van der Waals surface area (Å²) < 4.78 is 0. The van der Waals surface area contributed by atoms with Crippen molar-refractivity contribution in [1.82, 2.24) is 9.80 Å². The van der Waals surface area contributed by atoms with Crippen LogP contribution in [0, 0.1) is 0 Å². The topological polar surface area (TPSA) is 49.6 Å². The van der Waals surface area contributed by atoms with Crippen molar-refractivity contribution in [2.75, 3.05) is 20.1 Å². The molecule has 26 heavy (non-hydrogen) atoms. The molecule has 2 N–H and O–H groups in total. The first-order chi connectivity index (χ1) is 12.5. The highest BCUT2D eigenvalue weighted by Crippen LogP contribution is 2.24. The van der Waals surface area contributed by atoms with Crippen LogP contribution in [0.5, 0.6) is 0 Å². The standard InChI is InChI=1S/C22H29N3O/c1-22(23,19-11-7-4-8-12-19)21(26)24(2)20-13-15-25(16-14-20)17-18-9-5-3-6-10-18/h3-12,20H,13-17,23H2,1-2H3. The van der Waals surface area contributed by atoms with Gasteiger partial charge in [-0.1, -0.05) is 60.7 Å². The highest BCUT2D eigenvalue weighted by Gasteiger charge is 2.36. The fourth-order valence-electron chi connectivity index (χ4n) is 3.75. The van der Waals surface area contributed by atoms with E-state index in [2.05, 4.69) is 29.2 Å². The van der Waals surface area contributed by atoms with Gasteiger partial charge in [0.05, 0.1) is 0 Å². The molecule has 4 nitrogen and oxygen atoms in total. The Morgan fingerprint density at radius 1 is 1.08 bits per heavy atom. The van der Waals surface area contributed by atoms with Crippen LogP contribution >= 0.6 is 0 Å². The molecule has 1 amide bonds. The number of nitrogens with zero attached hydrogens (tertiary/aromatic N) is 2. The highest BCUT2D eigenvalue weighted by atomic mass is 16.2. The number of hydrogen-bond donors (Lipinski definition) is 1. The zero-order valence-electron chi connectivity index (χ0n) is 15.8. The number of carbonyl (C=O) groups excluding carboxylic acids is 1. The summed E-state index contributed by atoms with van der Waals surface area (Å²) >= 11 is 0. The predicted octanol–water partition coefficient (Wildman–Crippen LogP) is 2.98. The largest absolute Gasteiger partial charge is 0.341 e. The van der Waals surface area contributed by atoms with E-state index >= 15 is 0 Å². The SMILES string of the molecule is CN(C(=O)C(C)(N)c1ccccc1)C1CCN(Cc2ccccc2)CC1. The van der Waals surface area contributed by atoms with Crippen molar-refractivity contribution in [3.8, 4) is 0 Å². The number of benzene rings is 2. The third-order valence-electron chi connectivity index (χ3n) is 5.49. The van der Waals surface area contributed by atoms with Gasteiger partial charge in [-0.2, -0.15) is 0 Å². The Hall–Kier alpha value is -2.17. The van der Waals surface area contributed by atoms with E-state index in [9.17, 15) is 4.79 Å². The van der Waals surface area contributed by atoms with Crippen LogP contribution in [0.2, 0.25) is 0 Å². The van der Waals surface area contributed by atoms with Gasteiger partial charge in [0.1, 0.15) is 5.54 Å². The lowest BCUT2D eigenvalue weighted by Crippen LogP contribution is -2.54. The Balaban J connectivity index is 1.58. The molecule has 0 spiro atoms. The maximum Gasteiger partial charge on any atom is 0.246 e. The third-order valence-corrected chi connectivity index (χ3v) is 5.49. The van der Waals surface area contributed by atoms with Gasteiger partial charge in [-0.3, -0.25) is 9.69 Å². The monoisotopic (exact) mass is 351 g/mol. The molecule has 2 aromatic carbocycles. The summed E-state index contributed by atoms with van der Waals surface area (Å²) in [5, 5.41) is 0. The molecule has 2 aromatic rings. The minimum absolute atomic E-state index is 0.00907. The van der Waals surface area contributed by atoms with Crippen LogP contribution in [0.15, 0.2) is 60.7 Å². The smallest absolute Gasteiger partial charge is 0.246 e. The van der Waals surface area contributed by atoms with Crippen LogP contribution < -0.4 is 5.73 Å². The van der Waals surface area contributed by atoms with E-state index < -0.39 is 5.54 Å². The second-order valence-electron chi connectivity index (χ2n) is 7.48. The van der Waals surface area contributed by atoms with Crippen molar-refractivity contribution in [3.63, 3.8) is 0 Å². The van der Waals surface area contributed by atoms with Crippen LogP contribution in [-0.4, -0.2) is 41.9 Å². The summed E-state index contributed by atoms with van der Waals surface area (Å²) in [5.41, 5.74) is 7.63. The number of hydrogen-bond acceptors (Lipinski definition) is 3. The fourth-order valence-corrected chi connectivity index (χ4v) is 3.75. The zero-order valence-corrected chi connectivity index (χ0v) is 15.8. The van der Waals surface area contributed by atoms with Crippen LogP contribution in [0.1, 0.15) is 30.9 Å². The van der Waals surface area contributed by atoms with E-state index in [1.807, 2.05) is 55.3 Å². The normalized spacial score (nSPS) is 18.3. The number of nitrogens with two attached hydrogens (primary N) is 1. The molecule has 0 aliphatic carbocycles. The molecule has 1 aliphatic rings. The number of likely N-dealkylation sites (tertiary alicyclic amines) is 1. The van der Waals surface area contributed by atoms with Gasteiger partial charge in [-0.05, 0) is 30.9 Å². The predicted molar refractivity (Wildman–Crippen MR) is 105 cm³/mol. The number of rotatable bonds is 5. The van der Waals surface area contributed by atoms with Gasteiger partial charge in [0.15, 0.2) is 0 Å². The lowest BCUT2D eigenvalue weighted by Gasteiger charge is -2.39. The summed E-state index contributed by atoms with van der Waals surface area (Å²) in [6.07, 6.45) is 1.97. The number of amides is 1. The average Bonchev–Trinajstić information content (AvgIpc) is 2.69. The molecule has 0 saturated carbocycles. The molecule has 1 heterocycles. The molecule has 0 aromatic heterocycles. The van der Waals surface area contributed by atoms with Gasteiger partial charge in [0.25, 0.3) is 0 Å². The zero-order chi connectivity index (χ0) is 18.6. The van der Waals surface area contributed by atoms with Crippen LogP contribution in [-0.2, 0) is 16.9 Å². The minimum atomic E-state index is -0.989. The first-order valence-corrected chi connectivity index (χ1v) is 9.36. The maximum atomic E-state index is 13.0. The summed E-state index contributed by atoms with van der Waals surface area (Å²) in [7, 11) is 1.90. The van der Waals surface area contributed by atoms with Gasteiger partial charge in [0.2, 0.25) is 5.91 Å². The van der Waals surface area contributed by atoms with Gasteiger partial charge in [-0.25, -0.2) is 0 Å². The molecule has 4 heteroatoms. The van der Waals surface area contributed by atoms with Crippen molar-refractivity contribution in [2.45, 2.75) is 37.9 Å². The molecule has 1 unspecified atom stereocenters. The quantitative estimate of drug-likeness (QED) is 0.901. The Labute approximate surface area is 156 Å². The van der Waals surface area contributed by atoms with E-state index in [1.165, 1.54) is 5.56 Å². The van der Waals surface area contributed by atoms with Gasteiger partial charge in [0, 0.05) is 32.7 Å². The van der Waals surface area contributed by atoms with Crippen LogP contribution in [0.25, 0.3) is 0 Å². The molecule has 138 valence electrons. The van der Waals surface area contributed by atoms with Gasteiger partial charge >= 0.3 is 0 Å². The van der Waals surface area contributed by atoms with Crippen molar-refractivity contribution in [1.29, 1.82) is 0 Å². The lowest BCUT2D eigenvalue weighted by molar-refractivity contribution is -0.138. The second kappa shape index (κ2) is 8.02. The Morgan fingerprint density at radius 3 is 2.19 bits per heavy atom. The summed E-state index contributed by atoms with van der Waals surface area (Å²) in [5.74, 6) is -0.00907. The maximum absolute atomic E-state index is 13.0. The molecule has 1 aliphatic heterocycles. The van der Waals surface area contributed by atoms with Crippen molar-refractivity contribution in [3.05, 3.63) is 71.8 Å². The third kappa shape index (κ3) is 4.14. The summed E-state index contributed by atoms with van der Waals surface area (Å²) in [4.78, 5) is 17.4. The molecule has 0 radical (unpaired) electrons. The average molecular weight is 351 g/mol. The molecule has 1 saturated heterocycles. The van der Waals surface area contributed by atoms with Gasteiger partial charge < -0.3 is 10.6 Å².